The van der Waals surface area contributed by atoms with E-state index >= 15 is 0 Å². The fourth-order valence-electron chi connectivity index (χ4n) is 3.76. The maximum atomic E-state index is 13.1. The first-order chi connectivity index (χ1) is 10.1. The third-order valence-corrected chi connectivity index (χ3v) is 7.95. The first-order valence-electron chi connectivity index (χ1n) is 8.63. The molecule has 1 N–H and O–H groups in total. The summed E-state index contributed by atoms with van der Waals surface area (Å²) in [7, 11) is -3.05. The highest BCUT2D eigenvalue weighted by molar-refractivity contribution is 7.92. The van der Waals surface area contributed by atoms with E-state index in [1.54, 1.807) is 0 Å². The summed E-state index contributed by atoms with van der Waals surface area (Å²) in [6.45, 7) is 6.43. The molecule has 1 aliphatic heterocycles. The standard InChI is InChI=1S/C16H31NO3S/c1-3-9-17-15-6-5-13(4-2)12-16(15)21(18,19)14-7-10-20-11-8-14/h13-17H,3-12H2,1-2H3. The van der Waals surface area contributed by atoms with Gasteiger partial charge in [-0.1, -0.05) is 20.3 Å². The molecule has 1 saturated heterocycles. The number of ether oxygens (including phenoxy) is 1. The summed E-state index contributed by atoms with van der Waals surface area (Å²) in [6, 6.07) is 0.153. The number of rotatable bonds is 6. The van der Waals surface area contributed by atoms with Gasteiger partial charge < -0.3 is 10.1 Å². The van der Waals surface area contributed by atoms with Gasteiger partial charge in [0.1, 0.15) is 0 Å². The Kier molecular flexibility index (Phi) is 6.51. The molecule has 2 aliphatic rings. The zero-order valence-corrected chi connectivity index (χ0v) is 14.3. The Hall–Kier alpha value is -0.130. The average molecular weight is 317 g/mol. The van der Waals surface area contributed by atoms with Gasteiger partial charge in [-0.15, -0.1) is 0 Å². The van der Waals surface area contributed by atoms with Gasteiger partial charge in [-0.05, 0) is 51.0 Å². The van der Waals surface area contributed by atoms with Crippen LogP contribution in [0.15, 0.2) is 0 Å². The van der Waals surface area contributed by atoms with E-state index < -0.39 is 9.84 Å². The molecule has 0 aromatic carbocycles. The van der Waals surface area contributed by atoms with Gasteiger partial charge in [0.05, 0.1) is 10.5 Å². The van der Waals surface area contributed by atoms with Crippen LogP contribution in [0.1, 0.15) is 58.8 Å². The van der Waals surface area contributed by atoms with Crippen molar-refractivity contribution >= 4 is 9.84 Å². The number of hydrogen-bond acceptors (Lipinski definition) is 4. The molecule has 0 radical (unpaired) electrons. The second-order valence-corrected chi connectivity index (χ2v) is 9.04. The van der Waals surface area contributed by atoms with Crippen molar-refractivity contribution in [1.29, 1.82) is 0 Å². The highest BCUT2D eigenvalue weighted by atomic mass is 32.2. The molecule has 3 unspecified atom stereocenters. The Bertz CT molecular complexity index is 404. The minimum Gasteiger partial charge on any atom is -0.381 e. The Morgan fingerprint density at radius 3 is 2.43 bits per heavy atom. The van der Waals surface area contributed by atoms with Crippen LogP contribution >= 0.6 is 0 Å². The molecular formula is C16H31NO3S. The summed E-state index contributed by atoms with van der Waals surface area (Å²) in [6.07, 6.45) is 6.52. The first kappa shape index (κ1) is 17.2. The molecule has 0 bridgehead atoms. The number of sulfone groups is 1. The van der Waals surface area contributed by atoms with Gasteiger partial charge in [-0.2, -0.15) is 0 Å². The van der Waals surface area contributed by atoms with Crippen LogP contribution in [-0.2, 0) is 14.6 Å². The van der Waals surface area contributed by atoms with Gasteiger partial charge in [0.2, 0.25) is 0 Å². The summed E-state index contributed by atoms with van der Waals surface area (Å²) >= 11 is 0. The molecule has 2 fully saturated rings. The molecular weight excluding hydrogens is 286 g/mol. The molecule has 124 valence electrons. The minimum absolute atomic E-state index is 0.153. The first-order valence-corrected chi connectivity index (χ1v) is 10.2. The van der Waals surface area contributed by atoms with Crippen LogP contribution in [0.25, 0.3) is 0 Å². The average Bonchev–Trinajstić information content (AvgIpc) is 2.53. The van der Waals surface area contributed by atoms with Gasteiger partial charge in [0.25, 0.3) is 0 Å². The lowest BCUT2D eigenvalue weighted by Crippen LogP contribution is -2.51. The van der Waals surface area contributed by atoms with Gasteiger partial charge >= 0.3 is 0 Å². The Morgan fingerprint density at radius 1 is 1.10 bits per heavy atom. The van der Waals surface area contributed by atoms with Crippen molar-refractivity contribution in [2.45, 2.75) is 75.3 Å². The highest BCUT2D eigenvalue weighted by Crippen LogP contribution is 2.34. The molecule has 1 aliphatic carbocycles. The fraction of sp³-hybridized carbons (Fsp3) is 1.00. The van der Waals surface area contributed by atoms with Crippen LogP contribution in [0.4, 0.5) is 0 Å². The van der Waals surface area contributed by atoms with Crippen molar-refractivity contribution < 1.29 is 13.2 Å². The van der Waals surface area contributed by atoms with Crippen LogP contribution in [0.5, 0.6) is 0 Å². The topological polar surface area (TPSA) is 55.4 Å². The van der Waals surface area contributed by atoms with E-state index in [0.29, 0.717) is 32.0 Å². The van der Waals surface area contributed by atoms with E-state index in [9.17, 15) is 8.42 Å². The molecule has 0 amide bonds. The monoisotopic (exact) mass is 317 g/mol. The van der Waals surface area contributed by atoms with Crippen LogP contribution < -0.4 is 5.32 Å². The third-order valence-electron chi connectivity index (χ3n) is 5.19. The molecule has 1 saturated carbocycles. The molecule has 2 rings (SSSR count). The molecule has 5 heteroatoms. The summed E-state index contributed by atoms with van der Waals surface area (Å²) in [4.78, 5) is 0. The second kappa shape index (κ2) is 7.93. The zero-order chi connectivity index (χ0) is 15.3. The van der Waals surface area contributed by atoms with Crippen molar-refractivity contribution in [3.05, 3.63) is 0 Å². The van der Waals surface area contributed by atoms with Gasteiger partial charge in [-0.25, -0.2) is 8.42 Å². The Balaban J connectivity index is 2.12. The summed E-state index contributed by atoms with van der Waals surface area (Å²) in [5.41, 5.74) is 0. The van der Waals surface area contributed by atoms with Crippen molar-refractivity contribution in [2.24, 2.45) is 5.92 Å². The third kappa shape index (κ3) is 4.20. The molecule has 0 spiro atoms. The maximum Gasteiger partial charge on any atom is 0.157 e. The smallest absolute Gasteiger partial charge is 0.157 e. The molecule has 4 nitrogen and oxygen atoms in total. The Labute approximate surface area is 129 Å². The lowest BCUT2D eigenvalue weighted by molar-refractivity contribution is 0.0978. The molecule has 0 aromatic heterocycles. The lowest BCUT2D eigenvalue weighted by Gasteiger charge is -2.38. The largest absolute Gasteiger partial charge is 0.381 e. The van der Waals surface area contributed by atoms with E-state index in [1.165, 1.54) is 0 Å². The summed E-state index contributed by atoms with van der Waals surface area (Å²) < 4.78 is 31.5. The molecule has 21 heavy (non-hydrogen) atoms. The Morgan fingerprint density at radius 2 is 1.81 bits per heavy atom. The summed E-state index contributed by atoms with van der Waals surface area (Å²) in [5, 5.41) is 3.13. The molecule has 1 heterocycles. The van der Waals surface area contributed by atoms with Gasteiger partial charge in [-0.3, -0.25) is 0 Å². The fourth-order valence-corrected chi connectivity index (χ4v) is 6.34. The highest BCUT2D eigenvalue weighted by Gasteiger charge is 2.42. The van der Waals surface area contributed by atoms with E-state index in [0.717, 1.165) is 38.6 Å². The molecule has 0 aromatic rings. The van der Waals surface area contributed by atoms with Crippen molar-refractivity contribution in [2.75, 3.05) is 19.8 Å². The van der Waals surface area contributed by atoms with Crippen LogP contribution in [0, 0.1) is 5.92 Å². The van der Waals surface area contributed by atoms with Crippen molar-refractivity contribution in [3.8, 4) is 0 Å². The van der Waals surface area contributed by atoms with E-state index in [1.807, 2.05) is 0 Å². The normalized spacial score (nSPS) is 32.2. The number of nitrogens with one attached hydrogen (secondary N) is 1. The van der Waals surface area contributed by atoms with Crippen molar-refractivity contribution in [3.63, 3.8) is 0 Å². The van der Waals surface area contributed by atoms with E-state index in [-0.39, 0.29) is 16.5 Å². The lowest BCUT2D eigenvalue weighted by atomic mass is 9.84. The van der Waals surface area contributed by atoms with Crippen molar-refractivity contribution in [1.82, 2.24) is 5.32 Å². The quantitative estimate of drug-likeness (QED) is 0.818. The van der Waals surface area contributed by atoms with E-state index in [4.69, 9.17) is 4.74 Å². The van der Waals surface area contributed by atoms with Crippen LogP contribution in [0.3, 0.4) is 0 Å². The number of hydrogen-bond donors (Lipinski definition) is 1. The predicted octanol–water partition coefficient (Wildman–Crippen LogP) is 2.53. The predicted molar refractivity (Wildman–Crippen MR) is 86.3 cm³/mol. The second-order valence-electron chi connectivity index (χ2n) is 6.59. The van der Waals surface area contributed by atoms with Crippen LogP contribution in [-0.4, -0.2) is 44.7 Å². The SMILES string of the molecule is CCCNC1CCC(CC)CC1S(=O)(=O)C1CCOCC1. The van der Waals surface area contributed by atoms with E-state index in [2.05, 4.69) is 19.2 Å². The van der Waals surface area contributed by atoms with Gasteiger partial charge in [0.15, 0.2) is 9.84 Å². The van der Waals surface area contributed by atoms with Crippen LogP contribution in [0.2, 0.25) is 0 Å². The van der Waals surface area contributed by atoms with Gasteiger partial charge in [0, 0.05) is 19.3 Å². The minimum atomic E-state index is -3.05. The summed E-state index contributed by atoms with van der Waals surface area (Å²) in [5.74, 6) is 0.573. The zero-order valence-electron chi connectivity index (χ0n) is 13.5. The maximum absolute atomic E-state index is 13.1. The molecule has 3 atom stereocenters.